The van der Waals surface area contributed by atoms with Gasteiger partial charge in [0.15, 0.2) is 0 Å². The maximum absolute atomic E-state index is 2.55. The molecule has 1 rings (SSSR count). The van der Waals surface area contributed by atoms with Gasteiger partial charge in [-0.15, -0.1) is 0 Å². The molecule has 0 aromatic heterocycles. The Bertz CT molecular complexity index is 176. The third-order valence-electron chi connectivity index (χ3n) is 3.33. The Hall–Kier alpha value is -0.0400. The van der Waals surface area contributed by atoms with Crippen molar-refractivity contribution >= 4 is 0 Å². The van der Waals surface area contributed by atoms with Crippen LogP contribution in [0.25, 0.3) is 0 Å². The predicted molar refractivity (Wildman–Crippen MR) is 58.9 cm³/mol. The third kappa shape index (κ3) is 2.25. The molecule has 0 saturated carbocycles. The van der Waals surface area contributed by atoms with Gasteiger partial charge in [-0.1, -0.05) is 34.6 Å². The van der Waals surface area contributed by atoms with E-state index in [2.05, 4.69) is 46.6 Å². The molecule has 0 aliphatic carbocycles. The van der Waals surface area contributed by atoms with Crippen molar-refractivity contribution in [3.63, 3.8) is 0 Å². The second-order valence-corrected chi connectivity index (χ2v) is 6.34. The summed E-state index contributed by atoms with van der Waals surface area (Å²) < 4.78 is 0. The zero-order chi connectivity index (χ0) is 10.3. The van der Waals surface area contributed by atoms with E-state index >= 15 is 0 Å². The minimum Gasteiger partial charge on any atom is -0.302 e. The van der Waals surface area contributed by atoms with Crippen molar-refractivity contribution in [2.24, 2.45) is 10.8 Å². The molecule has 0 radical (unpaired) electrons. The normalized spacial score (nSPS) is 30.5. The Morgan fingerprint density at radius 3 is 2.08 bits per heavy atom. The lowest BCUT2D eigenvalue weighted by Crippen LogP contribution is -2.54. The molecule has 1 fully saturated rings. The van der Waals surface area contributed by atoms with E-state index in [1.54, 1.807) is 0 Å². The largest absolute Gasteiger partial charge is 0.302 e. The number of hydrogen-bond donors (Lipinski definition) is 0. The Morgan fingerprint density at radius 1 is 1.23 bits per heavy atom. The second kappa shape index (κ2) is 3.27. The van der Waals surface area contributed by atoms with Gasteiger partial charge in [-0.25, -0.2) is 0 Å². The molecule has 1 nitrogen and oxygen atoms in total. The molecule has 0 bridgehead atoms. The highest BCUT2D eigenvalue weighted by molar-refractivity contribution is 4.95. The minimum atomic E-state index is 0.401. The van der Waals surface area contributed by atoms with Crippen LogP contribution in [0.2, 0.25) is 0 Å². The Kier molecular flexibility index (Phi) is 2.78. The van der Waals surface area contributed by atoms with Crippen molar-refractivity contribution in [1.82, 2.24) is 4.90 Å². The predicted octanol–water partition coefficient (Wildman–Crippen LogP) is 3.15. The van der Waals surface area contributed by atoms with Crippen LogP contribution in [0.1, 0.15) is 47.5 Å². The van der Waals surface area contributed by atoms with Crippen molar-refractivity contribution in [2.75, 3.05) is 13.6 Å². The first-order valence-corrected chi connectivity index (χ1v) is 5.45. The smallest absolute Gasteiger partial charge is 0.0192 e. The molecule has 0 spiro atoms. The van der Waals surface area contributed by atoms with Crippen LogP contribution >= 0.6 is 0 Å². The van der Waals surface area contributed by atoms with Crippen LogP contribution in [-0.2, 0) is 0 Å². The summed E-state index contributed by atoms with van der Waals surface area (Å²) in [5, 5.41) is 0. The first kappa shape index (κ1) is 11.0. The van der Waals surface area contributed by atoms with Gasteiger partial charge < -0.3 is 4.90 Å². The molecule has 1 aliphatic rings. The molecule has 0 aromatic carbocycles. The van der Waals surface area contributed by atoms with E-state index in [0.29, 0.717) is 16.9 Å². The third-order valence-corrected chi connectivity index (χ3v) is 3.33. The average molecular weight is 183 g/mol. The number of rotatable bonds is 0. The molecule has 0 aromatic rings. The number of hydrogen-bond acceptors (Lipinski definition) is 1. The van der Waals surface area contributed by atoms with E-state index < -0.39 is 0 Å². The van der Waals surface area contributed by atoms with Crippen molar-refractivity contribution in [3.8, 4) is 0 Å². The van der Waals surface area contributed by atoms with Crippen LogP contribution in [0.3, 0.4) is 0 Å². The van der Waals surface area contributed by atoms with E-state index in [4.69, 9.17) is 0 Å². The van der Waals surface area contributed by atoms with Crippen molar-refractivity contribution in [2.45, 2.75) is 53.5 Å². The van der Waals surface area contributed by atoms with E-state index in [1.165, 1.54) is 19.4 Å². The molecule has 1 atom stereocenters. The first-order chi connectivity index (χ1) is 5.75. The molecule has 1 heterocycles. The van der Waals surface area contributed by atoms with Gasteiger partial charge in [0, 0.05) is 6.04 Å². The van der Waals surface area contributed by atoms with Gasteiger partial charge in [0.1, 0.15) is 0 Å². The zero-order valence-electron chi connectivity index (χ0n) is 10.1. The lowest BCUT2D eigenvalue weighted by atomic mass is 9.66. The van der Waals surface area contributed by atoms with Gasteiger partial charge >= 0.3 is 0 Å². The van der Waals surface area contributed by atoms with Gasteiger partial charge in [0.2, 0.25) is 0 Å². The van der Waals surface area contributed by atoms with Crippen LogP contribution in [0.5, 0.6) is 0 Å². The molecule has 1 heteroatoms. The molecule has 13 heavy (non-hydrogen) atoms. The fourth-order valence-corrected chi connectivity index (χ4v) is 3.48. The highest BCUT2D eigenvalue weighted by Crippen LogP contribution is 2.42. The fraction of sp³-hybridized carbons (Fsp3) is 1.00. The van der Waals surface area contributed by atoms with Gasteiger partial charge in [0.05, 0.1) is 0 Å². The molecule has 0 N–H and O–H groups in total. The highest BCUT2D eigenvalue weighted by Gasteiger charge is 2.42. The SMILES string of the molecule is CN1CCCC(C)(C)C1C(C)(C)C. The monoisotopic (exact) mass is 183 g/mol. The maximum Gasteiger partial charge on any atom is 0.0192 e. The fourth-order valence-electron chi connectivity index (χ4n) is 3.48. The molecule has 0 amide bonds. The summed E-state index contributed by atoms with van der Waals surface area (Å²) in [6.45, 7) is 13.2. The summed E-state index contributed by atoms with van der Waals surface area (Å²) in [6, 6.07) is 0.716. The molecular formula is C12H25N. The number of likely N-dealkylation sites (tertiary alicyclic amines) is 1. The summed E-state index contributed by atoms with van der Waals surface area (Å²) in [5.74, 6) is 0. The van der Waals surface area contributed by atoms with Crippen molar-refractivity contribution in [3.05, 3.63) is 0 Å². The minimum absolute atomic E-state index is 0.401. The van der Waals surface area contributed by atoms with Crippen LogP contribution in [-0.4, -0.2) is 24.5 Å². The highest BCUT2D eigenvalue weighted by atomic mass is 15.2. The van der Waals surface area contributed by atoms with E-state index in [0.717, 1.165) is 0 Å². The van der Waals surface area contributed by atoms with Gasteiger partial charge in [0.25, 0.3) is 0 Å². The second-order valence-electron chi connectivity index (χ2n) is 6.34. The summed E-state index contributed by atoms with van der Waals surface area (Å²) in [4.78, 5) is 2.55. The van der Waals surface area contributed by atoms with Gasteiger partial charge in [-0.2, -0.15) is 0 Å². The number of piperidine rings is 1. The Labute approximate surface area is 83.5 Å². The summed E-state index contributed by atoms with van der Waals surface area (Å²) in [6.07, 6.45) is 2.73. The van der Waals surface area contributed by atoms with E-state index in [-0.39, 0.29) is 0 Å². The molecule has 1 unspecified atom stereocenters. The van der Waals surface area contributed by atoms with E-state index in [1.807, 2.05) is 0 Å². The summed E-state index contributed by atoms with van der Waals surface area (Å²) in [5.41, 5.74) is 0.879. The Morgan fingerprint density at radius 2 is 1.77 bits per heavy atom. The van der Waals surface area contributed by atoms with Crippen LogP contribution in [0.4, 0.5) is 0 Å². The summed E-state index contributed by atoms with van der Waals surface area (Å²) in [7, 11) is 2.27. The first-order valence-electron chi connectivity index (χ1n) is 5.45. The molecule has 1 saturated heterocycles. The maximum atomic E-state index is 2.55. The van der Waals surface area contributed by atoms with Crippen LogP contribution in [0.15, 0.2) is 0 Å². The number of nitrogens with zero attached hydrogens (tertiary/aromatic N) is 1. The lowest BCUT2D eigenvalue weighted by Gasteiger charge is -2.51. The van der Waals surface area contributed by atoms with Gasteiger partial charge in [-0.05, 0) is 37.3 Å². The Balaban J connectivity index is 2.87. The molecular weight excluding hydrogens is 158 g/mol. The quantitative estimate of drug-likeness (QED) is 0.557. The van der Waals surface area contributed by atoms with Crippen LogP contribution < -0.4 is 0 Å². The van der Waals surface area contributed by atoms with E-state index in [9.17, 15) is 0 Å². The standard InChI is InChI=1S/C12H25N/c1-11(2,3)10-12(4,5)8-7-9-13(10)6/h10H,7-9H2,1-6H3. The lowest BCUT2D eigenvalue weighted by molar-refractivity contribution is -0.0124. The molecule has 78 valence electrons. The molecule has 1 aliphatic heterocycles. The summed E-state index contributed by atoms with van der Waals surface area (Å²) >= 11 is 0. The average Bonchev–Trinajstić information content (AvgIpc) is 1.79. The topological polar surface area (TPSA) is 3.24 Å². The van der Waals surface area contributed by atoms with Crippen molar-refractivity contribution in [1.29, 1.82) is 0 Å². The van der Waals surface area contributed by atoms with Gasteiger partial charge in [-0.3, -0.25) is 0 Å². The van der Waals surface area contributed by atoms with Crippen LogP contribution in [0, 0.1) is 10.8 Å². The van der Waals surface area contributed by atoms with Crippen molar-refractivity contribution < 1.29 is 0 Å². The zero-order valence-corrected chi connectivity index (χ0v) is 10.1.